The number of hydrogen-bond donors (Lipinski definition) is 2. The van der Waals surface area contributed by atoms with E-state index in [1.54, 1.807) is 0 Å². The molecule has 0 saturated heterocycles. The van der Waals surface area contributed by atoms with Gasteiger partial charge in [0.15, 0.2) is 0 Å². The average Bonchev–Trinajstić information content (AvgIpc) is 2.91. The number of nitrogens with one attached hydrogen (secondary N) is 1. The lowest BCUT2D eigenvalue weighted by Gasteiger charge is -2.24. The second-order valence-electron chi connectivity index (χ2n) is 6.24. The number of carbonyl (C=O) groups is 1. The largest absolute Gasteiger partial charge is 0.397 e. The van der Waals surface area contributed by atoms with Crippen molar-refractivity contribution >= 4 is 38.8 Å². The molecule has 0 radical (unpaired) electrons. The number of nitrogens with two attached hydrogens (primary N) is 1. The number of fused-ring (bicyclic) bond motifs is 2. The molecule has 0 atom stereocenters. The van der Waals surface area contributed by atoms with E-state index in [0.717, 1.165) is 41.0 Å². The smallest absolute Gasteiger partial charge is 0.267 e. The van der Waals surface area contributed by atoms with Gasteiger partial charge in [0.1, 0.15) is 15.5 Å². The zero-order valence-electron chi connectivity index (χ0n) is 13.7. The molecule has 1 aliphatic heterocycles. The molecule has 3 N–H and O–H groups in total. The number of rotatable bonds is 2. The van der Waals surface area contributed by atoms with Gasteiger partial charge in [0, 0.05) is 36.3 Å². The zero-order chi connectivity index (χ0) is 17.6. The summed E-state index contributed by atoms with van der Waals surface area (Å²) in [5.41, 5.74) is 9.44. The fourth-order valence-electron chi connectivity index (χ4n) is 3.03. The maximum absolute atomic E-state index is 13.0. The highest BCUT2D eigenvalue weighted by molar-refractivity contribution is 7.21. The Morgan fingerprint density at radius 1 is 1.36 bits per heavy atom. The minimum atomic E-state index is -0.348. The molecule has 0 bridgehead atoms. The summed E-state index contributed by atoms with van der Waals surface area (Å²) in [6, 6.07) is 7.69. The first-order chi connectivity index (χ1) is 12.0. The third kappa shape index (κ3) is 2.96. The van der Waals surface area contributed by atoms with Gasteiger partial charge in [-0.25, -0.2) is 9.37 Å². The summed E-state index contributed by atoms with van der Waals surface area (Å²) >= 11 is 1.29. The Morgan fingerprint density at radius 2 is 2.12 bits per heavy atom. The fourth-order valence-corrected chi connectivity index (χ4v) is 4.02. The minimum absolute atomic E-state index is 0.304. The van der Waals surface area contributed by atoms with E-state index in [2.05, 4.69) is 17.3 Å². The van der Waals surface area contributed by atoms with Crippen molar-refractivity contribution in [3.63, 3.8) is 0 Å². The summed E-state index contributed by atoms with van der Waals surface area (Å²) in [6.07, 6.45) is 0.899. The van der Waals surface area contributed by atoms with Crippen LogP contribution in [0.5, 0.6) is 0 Å². The number of anilines is 2. The van der Waals surface area contributed by atoms with Gasteiger partial charge < -0.3 is 16.0 Å². The average molecular weight is 356 g/mol. The first kappa shape index (κ1) is 16.0. The summed E-state index contributed by atoms with van der Waals surface area (Å²) < 4.78 is 13.0. The van der Waals surface area contributed by atoms with Crippen molar-refractivity contribution < 1.29 is 9.18 Å². The van der Waals surface area contributed by atoms with E-state index in [9.17, 15) is 9.18 Å². The molecule has 3 heterocycles. The summed E-state index contributed by atoms with van der Waals surface area (Å²) in [5.74, 6) is -0.652. The fraction of sp³-hybridized carbons (Fsp3) is 0.222. The number of pyridine rings is 1. The summed E-state index contributed by atoms with van der Waals surface area (Å²) in [7, 11) is 2.08. The normalized spacial score (nSPS) is 14.5. The van der Waals surface area contributed by atoms with Gasteiger partial charge in [0.25, 0.3) is 5.91 Å². The van der Waals surface area contributed by atoms with Gasteiger partial charge >= 0.3 is 0 Å². The molecule has 3 aromatic rings. The van der Waals surface area contributed by atoms with Crippen LogP contribution in [-0.4, -0.2) is 29.4 Å². The van der Waals surface area contributed by atoms with Crippen molar-refractivity contribution in [3.8, 4) is 0 Å². The molecule has 1 aromatic carbocycles. The number of nitrogens with zero attached hydrogens (tertiary/aromatic N) is 2. The number of likely N-dealkylation sites (N-methyl/N-ethyl adjacent to an activating group) is 1. The van der Waals surface area contributed by atoms with Crippen LogP contribution in [0.2, 0.25) is 0 Å². The molecule has 0 fully saturated rings. The van der Waals surface area contributed by atoms with Crippen LogP contribution in [0, 0.1) is 5.82 Å². The molecule has 0 aliphatic carbocycles. The Morgan fingerprint density at radius 3 is 2.88 bits per heavy atom. The summed E-state index contributed by atoms with van der Waals surface area (Å²) in [5, 5.41) is 3.58. The molecule has 1 amide bonds. The van der Waals surface area contributed by atoms with Crippen LogP contribution in [0.15, 0.2) is 30.3 Å². The first-order valence-corrected chi connectivity index (χ1v) is 8.79. The number of nitrogen functional groups attached to an aromatic ring is 1. The number of benzene rings is 1. The van der Waals surface area contributed by atoms with E-state index in [4.69, 9.17) is 10.7 Å². The molecule has 1 aliphatic rings. The maximum Gasteiger partial charge on any atom is 0.267 e. The van der Waals surface area contributed by atoms with Gasteiger partial charge in [0.05, 0.1) is 5.69 Å². The van der Waals surface area contributed by atoms with Gasteiger partial charge in [-0.1, -0.05) is 0 Å². The van der Waals surface area contributed by atoms with Crippen molar-refractivity contribution in [2.45, 2.75) is 13.0 Å². The molecule has 5 nitrogen and oxygen atoms in total. The number of aromatic nitrogens is 1. The summed E-state index contributed by atoms with van der Waals surface area (Å²) in [6.45, 7) is 1.81. The highest BCUT2D eigenvalue weighted by Crippen LogP contribution is 2.35. The Bertz CT molecular complexity index is 967. The first-order valence-electron chi connectivity index (χ1n) is 7.97. The van der Waals surface area contributed by atoms with Crippen molar-refractivity contribution in [3.05, 3.63) is 52.3 Å². The monoisotopic (exact) mass is 356 g/mol. The van der Waals surface area contributed by atoms with Crippen LogP contribution in [0.25, 0.3) is 10.2 Å². The number of amides is 1. The predicted molar refractivity (Wildman–Crippen MR) is 98.4 cm³/mol. The van der Waals surface area contributed by atoms with Gasteiger partial charge in [-0.05, 0) is 42.9 Å². The molecule has 0 saturated carbocycles. The van der Waals surface area contributed by atoms with E-state index in [0.29, 0.717) is 16.3 Å². The molecule has 2 aromatic heterocycles. The third-order valence-electron chi connectivity index (χ3n) is 4.37. The number of hydrogen-bond acceptors (Lipinski definition) is 5. The molecule has 7 heteroatoms. The van der Waals surface area contributed by atoms with Crippen molar-refractivity contribution in [1.82, 2.24) is 9.88 Å². The Kier molecular flexibility index (Phi) is 3.89. The van der Waals surface area contributed by atoms with Crippen molar-refractivity contribution in [1.29, 1.82) is 0 Å². The SMILES string of the molecule is CN1CCc2nc3sc(C(=O)Nc4ccc(F)cc4)c(N)c3cc2C1. The quantitative estimate of drug-likeness (QED) is 0.739. The molecule has 4 rings (SSSR count). The maximum atomic E-state index is 13.0. The predicted octanol–water partition coefficient (Wildman–Crippen LogP) is 3.26. The Labute approximate surface area is 148 Å². The Balaban J connectivity index is 1.69. The molecule has 0 spiro atoms. The zero-order valence-corrected chi connectivity index (χ0v) is 14.5. The van der Waals surface area contributed by atoms with Gasteiger partial charge in [0.2, 0.25) is 0 Å². The standard InChI is InChI=1S/C18H17FN4OS/c1-23-7-6-14-10(9-23)8-13-15(20)16(25-18(13)22-14)17(24)21-12-4-2-11(19)3-5-12/h2-5,8H,6-7,9,20H2,1H3,(H,21,24). The second-order valence-corrected chi connectivity index (χ2v) is 7.24. The van der Waals surface area contributed by atoms with E-state index >= 15 is 0 Å². The molecular weight excluding hydrogens is 339 g/mol. The molecule has 0 unspecified atom stereocenters. The Hall–Kier alpha value is -2.51. The topological polar surface area (TPSA) is 71.2 Å². The van der Waals surface area contributed by atoms with E-state index in [1.807, 2.05) is 6.07 Å². The van der Waals surface area contributed by atoms with E-state index in [-0.39, 0.29) is 11.7 Å². The van der Waals surface area contributed by atoms with Crippen molar-refractivity contribution in [2.24, 2.45) is 0 Å². The van der Waals surface area contributed by atoms with Crippen LogP contribution >= 0.6 is 11.3 Å². The van der Waals surface area contributed by atoms with Crippen LogP contribution in [0.1, 0.15) is 20.9 Å². The number of thiophene rings is 1. The van der Waals surface area contributed by atoms with Crippen LogP contribution in [-0.2, 0) is 13.0 Å². The number of halogens is 1. The van der Waals surface area contributed by atoms with Crippen LogP contribution < -0.4 is 11.1 Å². The highest BCUT2D eigenvalue weighted by Gasteiger charge is 2.21. The van der Waals surface area contributed by atoms with E-state index < -0.39 is 0 Å². The lowest BCUT2D eigenvalue weighted by Crippen LogP contribution is -2.27. The minimum Gasteiger partial charge on any atom is -0.397 e. The van der Waals surface area contributed by atoms with Gasteiger partial charge in [-0.15, -0.1) is 11.3 Å². The lowest BCUT2D eigenvalue weighted by atomic mass is 10.0. The lowest BCUT2D eigenvalue weighted by molar-refractivity contribution is 0.103. The molecular formula is C18H17FN4OS. The summed E-state index contributed by atoms with van der Waals surface area (Å²) in [4.78, 5) is 20.7. The van der Waals surface area contributed by atoms with Gasteiger partial charge in [-0.3, -0.25) is 4.79 Å². The third-order valence-corrected chi connectivity index (χ3v) is 5.48. The van der Waals surface area contributed by atoms with Crippen molar-refractivity contribution in [2.75, 3.05) is 24.6 Å². The highest BCUT2D eigenvalue weighted by atomic mass is 32.1. The molecule has 128 valence electrons. The van der Waals surface area contributed by atoms with Gasteiger partial charge in [-0.2, -0.15) is 0 Å². The molecule has 25 heavy (non-hydrogen) atoms. The van der Waals surface area contributed by atoms with Crippen LogP contribution in [0.3, 0.4) is 0 Å². The number of carbonyl (C=O) groups excluding carboxylic acids is 1. The second kappa shape index (κ2) is 6.09. The van der Waals surface area contributed by atoms with E-state index in [1.165, 1.54) is 35.6 Å². The van der Waals surface area contributed by atoms with Crippen LogP contribution in [0.4, 0.5) is 15.8 Å².